The highest BCUT2D eigenvalue weighted by Gasteiger charge is 2.35. The van der Waals surface area contributed by atoms with Gasteiger partial charge in [0.2, 0.25) is 17.7 Å². The minimum absolute atomic E-state index is 0.0867. The number of hydrogen-bond acceptors (Lipinski definition) is 3. The Labute approximate surface area is 181 Å². The van der Waals surface area contributed by atoms with Crippen LogP contribution in [0.15, 0.2) is 60.7 Å². The molecule has 3 aromatic rings. The summed E-state index contributed by atoms with van der Waals surface area (Å²) < 4.78 is 0. The molecule has 3 amide bonds. The van der Waals surface area contributed by atoms with Crippen LogP contribution in [0.2, 0.25) is 0 Å². The summed E-state index contributed by atoms with van der Waals surface area (Å²) in [7, 11) is 0. The van der Waals surface area contributed by atoms with Gasteiger partial charge in [0.15, 0.2) is 0 Å². The zero-order valence-electron chi connectivity index (χ0n) is 17.6. The molecule has 0 spiro atoms. The smallest absolute Gasteiger partial charge is 0.243 e. The lowest BCUT2D eigenvalue weighted by Crippen LogP contribution is -2.38. The summed E-state index contributed by atoms with van der Waals surface area (Å²) in [6.07, 6.45) is 0.133. The summed E-state index contributed by atoms with van der Waals surface area (Å²) in [5, 5.41) is 7.53. The molecule has 6 heteroatoms. The van der Waals surface area contributed by atoms with E-state index < -0.39 is 5.92 Å². The molecule has 1 fully saturated rings. The molecular weight excluding hydrogens is 390 g/mol. The normalized spacial score (nSPS) is 15.9. The second-order valence-electron chi connectivity index (χ2n) is 7.92. The third kappa shape index (κ3) is 4.28. The summed E-state index contributed by atoms with van der Waals surface area (Å²) in [5.41, 5.74) is 3.62. The molecule has 0 radical (unpaired) electrons. The molecule has 0 bridgehead atoms. The van der Waals surface area contributed by atoms with Gasteiger partial charge in [-0.3, -0.25) is 14.4 Å². The maximum atomic E-state index is 12.6. The van der Waals surface area contributed by atoms with Gasteiger partial charge in [0.05, 0.1) is 18.2 Å². The summed E-state index contributed by atoms with van der Waals surface area (Å²) in [6.45, 7) is 4.09. The molecule has 1 atom stereocenters. The maximum absolute atomic E-state index is 12.6. The monoisotopic (exact) mass is 415 g/mol. The Morgan fingerprint density at radius 2 is 1.74 bits per heavy atom. The van der Waals surface area contributed by atoms with Crippen molar-refractivity contribution in [3.63, 3.8) is 0 Å². The summed E-state index contributed by atoms with van der Waals surface area (Å²) in [5.74, 6) is -1.15. The van der Waals surface area contributed by atoms with Crippen molar-refractivity contribution >= 4 is 39.9 Å². The molecule has 3 aromatic carbocycles. The minimum atomic E-state index is -0.486. The third-order valence-electron chi connectivity index (χ3n) is 5.86. The lowest BCUT2D eigenvalue weighted by molar-refractivity contribution is -0.127. The zero-order chi connectivity index (χ0) is 22.0. The first-order valence-electron chi connectivity index (χ1n) is 10.4. The van der Waals surface area contributed by atoms with Gasteiger partial charge in [0.25, 0.3) is 0 Å². The van der Waals surface area contributed by atoms with Gasteiger partial charge in [-0.2, -0.15) is 0 Å². The molecule has 31 heavy (non-hydrogen) atoms. The van der Waals surface area contributed by atoms with Crippen molar-refractivity contribution < 1.29 is 14.4 Å². The molecule has 1 unspecified atom stereocenters. The molecule has 0 aromatic heterocycles. The van der Waals surface area contributed by atoms with Crippen LogP contribution < -0.4 is 15.5 Å². The van der Waals surface area contributed by atoms with E-state index in [2.05, 4.69) is 10.6 Å². The highest BCUT2D eigenvalue weighted by Crippen LogP contribution is 2.31. The molecule has 1 aliphatic heterocycles. The standard InChI is InChI=1S/C25H25N3O3/c1-16-7-5-11-21(17(16)2)27-23(29)14-26-25(31)19-13-24(30)28(15-19)22-12-6-9-18-8-3-4-10-20(18)22/h3-12,19H,13-15H2,1-2H3,(H,26,31)(H,27,29). The molecule has 1 aliphatic rings. The van der Waals surface area contributed by atoms with Crippen molar-refractivity contribution in [2.75, 3.05) is 23.3 Å². The number of nitrogens with one attached hydrogen (secondary N) is 2. The minimum Gasteiger partial charge on any atom is -0.347 e. The Morgan fingerprint density at radius 1 is 1.00 bits per heavy atom. The average molecular weight is 415 g/mol. The number of anilines is 2. The van der Waals surface area contributed by atoms with Crippen LogP contribution in [-0.4, -0.2) is 30.8 Å². The molecule has 1 saturated heterocycles. The Morgan fingerprint density at radius 3 is 2.58 bits per heavy atom. The van der Waals surface area contributed by atoms with Gasteiger partial charge in [0.1, 0.15) is 0 Å². The Balaban J connectivity index is 1.38. The van der Waals surface area contributed by atoms with Crippen molar-refractivity contribution in [3.05, 3.63) is 71.8 Å². The van der Waals surface area contributed by atoms with Crippen LogP contribution in [-0.2, 0) is 14.4 Å². The number of carbonyl (C=O) groups excluding carboxylic acids is 3. The largest absolute Gasteiger partial charge is 0.347 e. The fraction of sp³-hybridized carbons (Fsp3) is 0.240. The molecule has 0 saturated carbocycles. The number of rotatable bonds is 5. The van der Waals surface area contributed by atoms with Crippen LogP contribution in [0.4, 0.5) is 11.4 Å². The predicted octanol–water partition coefficient (Wildman–Crippen LogP) is 3.56. The first-order chi connectivity index (χ1) is 14.9. The number of hydrogen-bond donors (Lipinski definition) is 2. The van der Waals surface area contributed by atoms with Crippen LogP contribution >= 0.6 is 0 Å². The van der Waals surface area contributed by atoms with E-state index in [4.69, 9.17) is 0 Å². The highest BCUT2D eigenvalue weighted by molar-refractivity contribution is 6.07. The average Bonchev–Trinajstić information content (AvgIpc) is 3.16. The van der Waals surface area contributed by atoms with Gasteiger partial charge in [-0.1, -0.05) is 48.5 Å². The first-order valence-corrected chi connectivity index (χ1v) is 10.4. The van der Waals surface area contributed by atoms with Crippen LogP contribution in [0, 0.1) is 19.8 Å². The van der Waals surface area contributed by atoms with E-state index in [9.17, 15) is 14.4 Å². The van der Waals surface area contributed by atoms with Crippen LogP contribution in [0.3, 0.4) is 0 Å². The van der Waals surface area contributed by atoms with Crippen molar-refractivity contribution in [2.45, 2.75) is 20.3 Å². The molecule has 2 N–H and O–H groups in total. The third-order valence-corrected chi connectivity index (χ3v) is 5.86. The lowest BCUT2D eigenvalue weighted by atomic mass is 10.1. The van der Waals surface area contributed by atoms with E-state index in [1.54, 1.807) is 4.90 Å². The van der Waals surface area contributed by atoms with Crippen LogP contribution in [0.5, 0.6) is 0 Å². The van der Waals surface area contributed by atoms with Gasteiger partial charge in [0, 0.05) is 24.0 Å². The van der Waals surface area contributed by atoms with Crippen molar-refractivity contribution in [1.82, 2.24) is 5.32 Å². The first kappa shape index (κ1) is 20.6. The van der Waals surface area contributed by atoms with Crippen LogP contribution in [0.1, 0.15) is 17.5 Å². The lowest BCUT2D eigenvalue weighted by Gasteiger charge is -2.19. The summed E-state index contributed by atoms with van der Waals surface area (Å²) >= 11 is 0. The van der Waals surface area contributed by atoms with Crippen molar-refractivity contribution in [2.24, 2.45) is 5.92 Å². The van der Waals surface area contributed by atoms with Gasteiger partial charge in [-0.05, 0) is 42.5 Å². The number of benzene rings is 3. The van der Waals surface area contributed by atoms with E-state index in [-0.39, 0.29) is 30.7 Å². The van der Waals surface area contributed by atoms with Crippen molar-refractivity contribution in [1.29, 1.82) is 0 Å². The SMILES string of the molecule is Cc1cccc(NC(=O)CNC(=O)C2CC(=O)N(c3cccc4ccccc34)C2)c1C. The number of carbonyl (C=O) groups is 3. The van der Waals surface area contributed by atoms with Gasteiger partial charge in [-0.15, -0.1) is 0 Å². The molecular formula is C25H25N3O3. The van der Waals surface area contributed by atoms with E-state index in [1.165, 1.54) is 0 Å². The van der Waals surface area contributed by atoms with E-state index in [0.717, 1.165) is 33.3 Å². The quantitative estimate of drug-likeness (QED) is 0.669. The number of nitrogens with zero attached hydrogens (tertiary/aromatic N) is 1. The Bertz CT molecular complexity index is 1170. The van der Waals surface area contributed by atoms with Crippen molar-refractivity contribution in [3.8, 4) is 0 Å². The number of amides is 3. The molecule has 0 aliphatic carbocycles. The van der Waals surface area contributed by atoms with Gasteiger partial charge in [-0.25, -0.2) is 0 Å². The fourth-order valence-electron chi connectivity index (χ4n) is 3.95. The summed E-state index contributed by atoms with van der Waals surface area (Å²) in [4.78, 5) is 39.2. The van der Waals surface area contributed by atoms with E-state index in [1.807, 2.05) is 74.5 Å². The van der Waals surface area contributed by atoms with E-state index >= 15 is 0 Å². The Kier molecular flexibility index (Phi) is 5.71. The highest BCUT2D eigenvalue weighted by atomic mass is 16.2. The van der Waals surface area contributed by atoms with Crippen LogP contribution in [0.25, 0.3) is 10.8 Å². The van der Waals surface area contributed by atoms with Gasteiger partial charge >= 0.3 is 0 Å². The predicted molar refractivity (Wildman–Crippen MR) is 122 cm³/mol. The Hall–Kier alpha value is -3.67. The molecule has 4 rings (SSSR count). The number of aryl methyl sites for hydroxylation is 1. The topological polar surface area (TPSA) is 78.5 Å². The maximum Gasteiger partial charge on any atom is 0.243 e. The van der Waals surface area contributed by atoms with E-state index in [0.29, 0.717) is 6.54 Å². The number of fused-ring (bicyclic) bond motifs is 1. The second-order valence-corrected chi connectivity index (χ2v) is 7.92. The zero-order valence-corrected chi connectivity index (χ0v) is 17.6. The molecule has 6 nitrogen and oxygen atoms in total. The molecule has 1 heterocycles. The summed E-state index contributed by atoms with van der Waals surface area (Å²) in [6, 6.07) is 19.4. The molecule has 158 valence electrons. The second kappa shape index (κ2) is 8.60. The fourth-order valence-corrected chi connectivity index (χ4v) is 3.95. The van der Waals surface area contributed by atoms with Gasteiger partial charge < -0.3 is 15.5 Å².